The summed E-state index contributed by atoms with van der Waals surface area (Å²) in [6.07, 6.45) is 0. The molecule has 0 aliphatic carbocycles. The number of rotatable bonds is 6. The highest BCUT2D eigenvalue weighted by molar-refractivity contribution is 6.32. The third-order valence-corrected chi connectivity index (χ3v) is 3.23. The van der Waals surface area contributed by atoms with Gasteiger partial charge in [-0.25, -0.2) is 0 Å². The van der Waals surface area contributed by atoms with Crippen molar-refractivity contribution in [2.24, 2.45) is 0 Å². The van der Waals surface area contributed by atoms with Crippen LogP contribution in [0.5, 0.6) is 11.5 Å². The molecule has 0 amide bonds. The second-order valence-corrected chi connectivity index (χ2v) is 5.00. The summed E-state index contributed by atoms with van der Waals surface area (Å²) in [5, 5.41) is 13.3. The predicted molar refractivity (Wildman–Crippen MR) is 81.5 cm³/mol. The lowest BCUT2D eigenvalue weighted by Crippen LogP contribution is -2.20. The maximum Gasteiger partial charge on any atom is 0.138 e. The Morgan fingerprint density at radius 1 is 1.20 bits per heavy atom. The highest BCUT2D eigenvalue weighted by Gasteiger charge is 2.04. The van der Waals surface area contributed by atoms with Crippen molar-refractivity contribution in [3.05, 3.63) is 58.6 Å². The molecule has 0 bridgehead atoms. The van der Waals surface area contributed by atoms with Crippen LogP contribution >= 0.6 is 11.6 Å². The van der Waals surface area contributed by atoms with E-state index < -0.39 is 0 Å². The van der Waals surface area contributed by atoms with Crippen LogP contribution in [0.3, 0.4) is 0 Å². The highest BCUT2D eigenvalue weighted by Crippen LogP contribution is 2.26. The molecule has 0 aromatic heterocycles. The molecule has 3 nitrogen and oxygen atoms in total. The van der Waals surface area contributed by atoms with Crippen LogP contribution in [-0.4, -0.2) is 18.3 Å². The molecule has 2 aromatic carbocycles. The first-order valence-electron chi connectivity index (χ1n) is 6.53. The second kappa shape index (κ2) is 7.17. The Labute approximate surface area is 124 Å². The number of nitrogens with one attached hydrogen (secondary N) is 1. The largest absolute Gasteiger partial charge is 0.506 e. The fraction of sp³-hybridized carbons (Fsp3) is 0.250. The standard InChI is InChI=1S/C16H18ClNO2/c1-12-4-2-6-14(10-12)20-9-8-18-11-13-5-3-7-15(17)16(13)19/h2-7,10,18-19H,8-9,11H2,1H3. The summed E-state index contributed by atoms with van der Waals surface area (Å²) in [6, 6.07) is 13.3. The zero-order valence-corrected chi connectivity index (χ0v) is 12.2. The number of benzene rings is 2. The van der Waals surface area contributed by atoms with E-state index in [-0.39, 0.29) is 5.75 Å². The molecule has 2 aromatic rings. The van der Waals surface area contributed by atoms with E-state index in [1.54, 1.807) is 6.07 Å². The van der Waals surface area contributed by atoms with Crippen LogP contribution in [0.2, 0.25) is 5.02 Å². The van der Waals surface area contributed by atoms with Gasteiger partial charge in [-0.1, -0.05) is 35.9 Å². The zero-order valence-electron chi connectivity index (χ0n) is 11.4. The van der Waals surface area contributed by atoms with Gasteiger partial charge in [0.05, 0.1) is 5.02 Å². The zero-order chi connectivity index (χ0) is 14.4. The van der Waals surface area contributed by atoms with Crippen molar-refractivity contribution in [1.82, 2.24) is 5.32 Å². The second-order valence-electron chi connectivity index (χ2n) is 4.59. The average Bonchev–Trinajstić information content (AvgIpc) is 2.43. The number of ether oxygens (including phenoxy) is 1. The molecule has 0 unspecified atom stereocenters. The van der Waals surface area contributed by atoms with Gasteiger partial charge >= 0.3 is 0 Å². The Bertz CT molecular complexity index is 572. The van der Waals surface area contributed by atoms with Crippen LogP contribution in [0.15, 0.2) is 42.5 Å². The van der Waals surface area contributed by atoms with Crippen molar-refractivity contribution in [1.29, 1.82) is 0 Å². The molecular formula is C16H18ClNO2. The molecule has 106 valence electrons. The van der Waals surface area contributed by atoms with Crippen LogP contribution in [0, 0.1) is 6.92 Å². The number of para-hydroxylation sites is 1. The monoisotopic (exact) mass is 291 g/mol. The smallest absolute Gasteiger partial charge is 0.138 e. The first-order chi connectivity index (χ1) is 9.66. The van der Waals surface area contributed by atoms with Crippen molar-refractivity contribution in [3.63, 3.8) is 0 Å². The van der Waals surface area contributed by atoms with Crippen LogP contribution in [0.1, 0.15) is 11.1 Å². The lowest BCUT2D eigenvalue weighted by Gasteiger charge is -2.09. The number of phenolic OH excluding ortho intramolecular Hbond substituents is 1. The Balaban J connectivity index is 1.73. The molecule has 0 saturated carbocycles. The molecule has 0 heterocycles. The summed E-state index contributed by atoms with van der Waals surface area (Å²) in [7, 11) is 0. The fourth-order valence-electron chi connectivity index (χ4n) is 1.87. The molecule has 2 rings (SSSR count). The number of phenols is 1. The Morgan fingerprint density at radius 2 is 2.00 bits per heavy atom. The van der Waals surface area contributed by atoms with Gasteiger partial charge in [0, 0.05) is 18.7 Å². The third kappa shape index (κ3) is 4.15. The van der Waals surface area contributed by atoms with Gasteiger partial charge in [-0.05, 0) is 30.7 Å². The summed E-state index contributed by atoms with van der Waals surface area (Å²) in [5.41, 5.74) is 1.97. The highest BCUT2D eigenvalue weighted by atomic mass is 35.5. The summed E-state index contributed by atoms with van der Waals surface area (Å²) >= 11 is 5.85. The summed E-state index contributed by atoms with van der Waals surface area (Å²) in [5.74, 6) is 1.01. The molecular weight excluding hydrogens is 274 g/mol. The molecule has 0 radical (unpaired) electrons. The van der Waals surface area contributed by atoms with E-state index >= 15 is 0 Å². The van der Waals surface area contributed by atoms with Crippen LogP contribution in [-0.2, 0) is 6.54 Å². The van der Waals surface area contributed by atoms with E-state index in [4.69, 9.17) is 16.3 Å². The van der Waals surface area contributed by atoms with Gasteiger partial charge in [0.25, 0.3) is 0 Å². The first kappa shape index (κ1) is 14.7. The Morgan fingerprint density at radius 3 is 2.80 bits per heavy atom. The molecule has 0 saturated heterocycles. The quantitative estimate of drug-likeness (QED) is 0.800. The van der Waals surface area contributed by atoms with E-state index in [9.17, 15) is 5.11 Å². The molecule has 0 fully saturated rings. The summed E-state index contributed by atoms with van der Waals surface area (Å²) < 4.78 is 5.63. The molecule has 0 aliphatic rings. The van der Waals surface area contributed by atoms with Crippen molar-refractivity contribution in [3.8, 4) is 11.5 Å². The van der Waals surface area contributed by atoms with Crippen LogP contribution < -0.4 is 10.1 Å². The van der Waals surface area contributed by atoms with E-state index in [1.165, 1.54) is 5.56 Å². The lowest BCUT2D eigenvalue weighted by atomic mass is 10.2. The van der Waals surface area contributed by atoms with E-state index in [0.717, 1.165) is 11.3 Å². The Hall–Kier alpha value is -1.71. The van der Waals surface area contributed by atoms with E-state index in [1.807, 2.05) is 43.3 Å². The minimum atomic E-state index is 0.140. The molecule has 0 atom stereocenters. The Kier molecular flexibility index (Phi) is 5.27. The maximum absolute atomic E-state index is 9.76. The molecule has 0 spiro atoms. The van der Waals surface area contributed by atoms with Crippen molar-refractivity contribution >= 4 is 11.6 Å². The van der Waals surface area contributed by atoms with Crippen molar-refractivity contribution in [2.75, 3.05) is 13.2 Å². The maximum atomic E-state index is 9.76. The van der Waals surface area contributed by atoms with Crippen LogP contribution in [0.4, 0.5) is 0 Å². The van der Waals surface area contributed by atoms with Gasteiger partial charge in [-0.2, -0.15) is 0 Å². The molecule has 0 aliphatic heterocycles. The summed E-state index contributed by atoms with van der Waals surface area (Å²) in [4.78, 5) is 0. The van der Waals surface area contributed by atoms with Crippen molar-refractivity contribution < 1.29 is 9.84 Å². The van der Waals surface area contributed by atoms with Gasteiger partial charge < -0.3 is 15.2 Å². The predicted octanol–water partition coefficient (Wildman–Crippen LogP) is 3.52. The normalized spacial score (nSPS) is 10.5. The molecule has 20 heavy (non-hydrogen) atoms. The number of aryl methyl sites for hydroxylation is 1. The molecule has 2 N–H and O–H groups in total. The van der Waals surface area contributed by atoms with Gasteiger partial charge in [-0.3, -0.25) is 0 Å². The molecule has 4 heteroatoms. The van der Waals surface area contributed by atoms with Gasteiger partial charge in [0.2, 0.25) is 0 Å². The average molecular weight is 292 g/mol. The summed E-state index contributed by atoms with van der Waals surface area (Å²) in [6.45, 7) is 3.86. The van der Waals surface area contributed by atoms with Gasteiger partial charge in [0.15, 0.2) is 0 Å². The fourth-order valence-corrected chi connectivity index (χ4v) is 2.07. The first-order valence-corrected chi connectivity index (χ1v) is 6.91. The lowest BCUT2D eigenvalue weighted by molar-refractivity contribution is 0.313. The van der Waals surface area contributed by atoms with E-state index in [2.05, 4.69) is 5.32 Å². The van der Waals surface area contributed by atoms with Crippen molar-refractivity contribution in [2.45, 2.75) is 13.5 Å². The SMILES string of the molecule is Cc1cccc(OCCNCc2cccc(Cl)c2O)c1. The topological polar surface area (TPSA) is 41.5 Å². The minimum absolute atomic E-state index is 0.140. The third-order valence-electron chi connectivity index (χ3n) is 2.92. The van der Waals surface area contributed by atoms with Gasteiger partial charge in [-0.15, -0.1) is 0 Å². The number of aromatic hydroxyl groups is 1. The van der Waals surface area contributed by atoms with E-state index in [0.29, 0.717) is 24.7 Å². The number of halogens is 1. The van der Waals surface area contributed by atoms with Crippen LogP contribution in [0.25, 0.3) is 0 Å². The van der Waals surface area contributed by atoms with Gasteiger partial charge in [0.1, 0.15) is 18.1 Å². The minimum Gasteiger partial charge on any atom is -0.506 e. The number of hydrogen-bond donors (Lipinski definition) is 2. The number of hydrogen-bond acceptors (Lipinski definition) is 3.